The standard InChI is InChI=1S/C12H9N3S/c1-9-7-14-12(15-8-9)16-11-4-2-3-10(5-11)6-13/h2-5,7-8H,1H3. The van der Waals surface area contributed by atoms with Gasteiger partial charge in [0.15, 0.2) is 5.16 Å². The van der Waals surface area contributed by atoms with Crippen LogP contribution in [-0.2, 0) is 0 Å². The lowest BCUT2D eigenvalue weighted by atomic mass is 10.2. The molecule has 78 valence electrons. The van der Waals surface area contributed by atoms with E-state index >= 15 is 0 Å². The van der Waals surface area contributed by atoms with Gasteiger partial charge in [0, 0.05) is 17.3 Å². The van der Waals surface area contributed by atoms with Crippen molar-refractivity contribution in [1.82, 2.24) is 9.97 Å². The van der Waals surface area contributed by atoms with Crippen LogP contribution in [-0.4, -0.2) is 9.97 Å². The topological polar surface area (TPSA) is 49.6 Å². The van der Waals surface area contributed by atoms with E-state index in [-0.39, 0.29) is 0 Å². The number of aromatic nitrogens is 2. The third-order valence-electron chi connectivity index (χ3n) is 1.93. The van der Waals surface area contributed by atoms with Crippen LogP contribution in [0.2, 0.25) is 0 Å². The summed E-state index contributed by atoms with van der Waals surface area (Å²) in [6, 6.07) is 9.51. The molecule has 0 aliphatic heterocycles. The second-order valence-corrected chi connectivity index (χ2v) is 4.33. The summed E-state index contributed by atoms with van der Waals surface area (Å²) in [5.74, 6) is 0. The highest BCUT2D eigenvalue weighted by molar-refractivity contribution is 7.99. The SMILES string of the molecule is Cc1cnc(Sc2cccc(C#N)c2)nc1. The van der Waals surface area contributed by atoms with Crippen LogP contribution in [0.15, 0.2) is 46.7 Å². The largest absolute Gasteiger partial charge is 0.231 e. The number of nitrogens with zero attached hydrogens (tertiary/aromatic N) is 3. The Kier molecular flexibility index (Phi) is 3.18. The van der Waals surface area contributed by atoms with Gasteiger partial charge in [0.2, 0.25) is 0 Å². The van der Waals surface area contributed by atoms with Gasteiger partial charge in [-0.3, -0.25) is 0 Å². The minimum absolute atomic E-state index is 0.650. The van der Waals surface area contributed by atoms with Crippen molar-refractivity contribution in [2.45, 2.75) is 17.0 Å². The molecular weight excluding hydrogens is 218 g/mol. The molecule has 4 heteroatoms. The van der Waals surface area contributed by atoms with Crippen LogP contribution in [0.1, 0.15) is 11.1 Å². The molecule has 2 aromatic rings. The van der Waals surface area contributed by atoms with E-state index < -0.39 is 0 Å². The molecule has 0 fully saturated rings. The van der Waals surface area contributed by atoms with Crippen LogP contribution in [0.4, 0.5) is 0 Å². The highest BCUT2D eigenvalue weighted by Crippen LogP contribution is 2.24. The number of hydrogen-bond donors (Lipinski definition) is 0. The summed E-state index contributed by atoms with van der Waals surface area (Å²) < 4.78 is 0. The van der Waals surface area contributed by atoms with Crippen molar-refractivity contribution < 1.29 is 0 Å². The molecule has 16 heavy (non-hydrogen) atoms. The smallest absolute Gasteiger partial charge is 0.192 e. The lowest BCUT2D eigenvalue weighted by Crippen LogP contribution is -1.86. The van der Waals surface area contributed by atoms with Gasteiger partial charge in [-0.05, 0) is 42.4 Å². The molecular formula is C12H9N3S. The summed E-state index contributed by atoms with van der Waals surface area (Å²) in [6.45, 7) is 1.95. The van der Waals surface area contributed by atoms with E-state index in [9.17, 15) is 0 Å². The number of nitriles is 1. The molecule has 0 spiro atoms. The number of hydrogen-bond acceptors (Lipinski definition) is 4. The molecule has 3 nitrogen and oxygen atoms in total. The molecule has 0 aliphatic rings. The van der Waals surface area contributed by atoms with Gasteiger partial charge in [0.1, 0.15) is 0 Å². The lowest BCUT2D eigenvalue weighted by molar-refractivity contribution is 0.950. The van der Waals surface area contributed by atoms with Gasteiger partial charge in [0.05, 0.1) is 11.6 Å². The van der Waals surface area contributed by atoms with Gasteiger partial charge in [-0.2, -0.15) is 5.26 Å². The van der Waals surface area contributed by atoms with Gasteiger partial charge in [0.25, 0.3) is 0 Å². The van der Waals surface area contributed by atoms with Crippen molar-refractivity contribution in [1.29, 1.82) is 5.26 Å². The van der Waals surface area contributed by atoms with Crippen molar-refractivity contribution in [2.24, 2.45) is 0 Å². The summed E-state index contributed by atoms with van der Waals surface area (Å²) in [7, 11) is 0. The van der Waals surface area contributed by atoms with Crippen molar-refractivity contribution >= 4 is 11.8 Å². The Morgan fingerprint density at radius 1 is 1.25 bits per heavy atom. The second kappa shape index (κ2) is 4.77. The van der Waals surface area contributed by atoms with E-state index in [0.717, 1.165) is 10.5 Å². The van der Waals surface area contributed by atoms with Crippen molar-refractivity contribution in [3.05, 3.63) is 47.8 Å². The molecule has 0 saturated carbocycles. The van der Waals surface area contributed by atoms with Crippen LogP contribution in [0.5, 0.6) is 0 Å². The Morgan fingerprint density at radius 3 is 2.69 bits per heavy atom. The lowest BCUT2D eigenvalue weighted by Gasteiger charge is -2.00. The predicted molar refractivity (Wildman–Crippen MR) is 62.0 cm³/mol. The molecule has 1 heterocycles. The molecule has 0 unspecified atom stereocenters. The van der Waals surface area contributed by atoms with Crippen molar-refractivity contribution in [3.63, 3.8) is 0 Å². The molecule has 0 aliphatic carbocycles. The molecule has 1 aromatic heterocycles. The van der Waals surface area contributed by atoms with Crippen molar-refractivity contribution in [2.75, 3.05) is 0 Å². The number of aryl methyl sites for hydroxylation is 1. The first-order valence-corrected chi connectivity index (χ1v) is 5.56. The zero-order valence-electron chi connectivity index (χ0n) is 8.71. The Morgan fingerprint density at radius 2 is 2.00 bits per heavy atom. The first-order valence-electron chi connectivity index (χ1n) is 4.74. The van der Waals surface area contributed by atoms with Crippen LogP contribution in [0, 0.1) is 18.3 Å². The average molecular weight is 227 g/mol. The predicted octanol–water partition coefficient (Wildman–Crippen LogP) is 2.81. The van der Waals surface area contributed by atoms with Crippen LogP contribution >= 0.6 is 11.8 Å². The molecule has 0 saturated heterocycles. The molecule has 0 bridgehead atoms. The Hall–Kier alpha value is -1.86. The zero-order chi connectivity index (χ0) is 11.4. The Bertz CT molecular complexity index is 529. The maximum Gasteiger partial charge on any atom is 0.192 e. The van der Waals surface area contributed by atoms with E-state index in [0.29, 0.717) is 10.7 Å². The first-order chi connectivity index (χ1) is 7.78. The summed E-state index contributed by atoms with van der Waals surface area (Å²) in [5, 5.41) is 9.47. The monoisotopic (exact) mass is 227 g/mol. The van der Waals surface area contributed by atoms with Crippen molar-refractivity contribution in [3.8, 4) is 6.07 Å². The van der Waals surface area contributed by atoms with Crippen LogP contribution in [0.25, 0.3) is 0 Å². The Balaban J connectivity index is 2.21. The fourth-order valence-electron chi connectivity index (χ4n) is 1.17. The van der Waals surface area contributed by atoms with Gasteiger partial charge in [-0.25, -0.2) is 9.97 Å². The summed E-state index contributed by atoms with van der Waals surface area (Å²) >= 11 is 1.45. The van der Waals surface area contributed by atoms with E-state index in [2.05, 4.69) is 16.0 Å². The highest BCUT2D eigenvalue weighted by Gasteiger charge is 2.00. The highest BCUT2D eigenvalue weighted by atomic mass is 32.2. The van der Waals surface area contributed by atoms with Gasteiger partial charge < -0.3 is 0 Å². The maximum absolute atomic E-state index is 8.77. The van der Waals surface area contributed by atoms with E-state index in [1.54, 1.807) is 18.5 Å². The van der Waals surface area contributed by atoms with Gasteiger partial charge in [-0.15, -0.1) is 0 Å². The quantitative estimate of drug-likeness (QED) is 0.740. The van der Waals surface area contributed by atoms with E-state index in [1.165, 1.54) is 11.8 Å². The first kappa shape index (κ1) is 10.7. The third kappa shape index (κ3) is 2.59. The summed E-state index contributed by atoms with van der Waals surface area (Å²) in [6.07, 6.45) is 3.56. The molecule has 0 atom stereocenters. The number of rotatable bonds is 2. The molecule has 0 amide bonds. The minimum Gasteiger partial charge on any atom is -0.231 e. The van der Waals surface area contributed by atoms with E-state index in [4.69, 9.17) is 5.26 Å². The summed E-state index contributed by atoms with van der Waals surface area (Å²) in [5.41, 5.74) is 1.69. The number of benzene rings is 1. The summed E-state index contributed by atoms with van der Waals surface area (Å²) in [4.78, 5) is 9.37. The van der Waals surface area contributed by atoms with Crippen LogP contribution in [0.3, 0.4) is 0 Å². The second-order valence-electron chi connectivity index (χ2n) is 3.28. The molecule has 0 N–H and O–H groups in total. The normalized spacial score (nSPS) is 9.75. The maximum atomic E-state index is 8.77. The minimum atomic E-state index is 0.650. The van der Waals surface area contributed by atoms with E-state index in [1.807, 2.05) is 25.1 Å². The molecule has 0 radical (unpaired) electrons. The molecule has 1 aromatic carbocycles. The van der Waals surface area contributed by atoms with Gasteiger partial charge in [-0.1, -0.05) is 6.07 Å². The van der Waals surface area contributed by atoms with Gasteiger partial charge >= 0.3 is 0 Å². The zero-order valence-corrected chi connectivity index (χ0v) is 9.53. The van der Waals surface area contributed by atoms with Crippen LogP contribution < -0.4 is 0 Å². The Labute approximate surface area is 98.2 Å². The fraction of sp³-hybridized carbons (Fsp3) is 0.0833. The fourth-order valence-corrected chi connectivity index (χ4v) is 1.92. The third-order valence-corrected chi connectivity index (χ3v) is 2.81. The molecule has 2 rings (SSSR count). The average Bonchev–Trinajstić information content (AvgIpc) is 2.32.